The molecule has 0 saturated heterocycles. The third kappa shape index (κ3) is 1.91. The maximum Gasteiger partial charge on any atom is 0.127 e. The van der Waals surface area contributed by atoms with E-state index in [4.69, 9.17) is 4.74 Å². The molecule has 1 saturated carbocycles. The van der Waals surface area contributed by atoms with E-state index in [2.05, 4.69) is 19.2 Å². The summed E-state index contributed by atoms with van der Waals surface area (Å²) in [7, 11) is 0. The third-order valence-electron chi connectivity index (χ3n) is 4.15. The monoisotopic (exact) mass is 249 g/mol. The van der Waals surface area contributed by atoms with Gasteiger partial charge >= 0.3 is 0 Å². The van der Waals surface area contributed by atoms with Crippen molar-refractivity contribution < 1.29 is 9.13 Å². The Morgan fingerprint density at radius 3 is 2.83 bits per heavy atom. The Hall–Kier alpha value is -1.09. The fraction of sp³-hybridized carbons (Fsp3) is 0.600. The molecule has 2 nitrogen and oxygen atoms in total. The molecular weight excluding hydrogens is 229 g/mol. The van der Waals surface area contributed by atoms with Gasteiger partial charge in [-0.2, -0.15) is 0 Å². The number of benzene rings is 1. The predicted molar refractivity (Wildman–Crippen MR) is 69.2 cm³/mol. The molecule has 0 amide bonds. The molecule has 0 bridgehead atoms. The first-order valence-electron chi connectivity index (χ1n) is 6.84. The lowest BCUT2D eigenvalue weighted by molar-refractivity contribution is -0.0690. The van der Waals surface area contributed by atoms with Gasteiger partial charge in [0.05, 0.1) is 0 Å². The van der Waals surface area contributed by atoms with Crippen LogP contribution in [0.1, 0.15) is 44.7 Å². The number of hydrogen-bond acceptors (Lipinski definition) is 2. The van der Waals surface area contributed by atoms with Crippen LogP contribution in [0.2, 0.25) is 0 Å². The van der Waals surface area contributed by atoms with Crippen LogP contribution >= 0.6 is 0 Å². The average Bonchev–Trinajstić information content (AvgIpc) is 2.27. The minimum atomic E-state index is -0.214. The van der Waals surface area contributed by atoms with Gasteiger partial charge in [0.25, 0.3) is 0 Å². The molecule has 1 N–H and O–H groups in total. The summed E-state index contributed by atoms with van der Waals surface area (Å²) in [4.78, 5) is 0. The standard InChI is InChI=1S/C15H20FNO/c1-3-17-13-9-15(7-10(2)8-15)18-14-6-11(16)4-5-12(13)14/h4-6,10,13,17H,3,7-9H2,1-2H3. The van der Waals surface area contributed by atoms with Crippen LogP contribution in [-0.4, -0.2) is 12.1 Å². The molecule has 1 heterocycles. The molecule has 0 aromatic heterocycles. The molecule has 3 rings (SSSR count). The highest BCUT2D eigenvalue weighted by molar-refractivity contribution is 5.40. The number of fused-ring (bicyclic) bond motifs is 1. The van der Waals surface area contributed by atoms with Crippen LogP contribution in [0.3, 0.4) is 0 Å². The Labute approximate surface area is 108 Å². The Kier molecular flexibility index (Phi) is 2.81. The summed E-state index contributed by atoms with van der Waals surface area (Å²) >= 11 is 0. The zero-order valence-corrected chi connectivity index (χ0v) is 11.0. The summed E-state index contributed by atoms with van der Waals surface area (Å²) in [6.45, 7) is 5.28. The second-order valence-corrected chi connectivity index (χ2v) is 5.80. The zero-order valence-electron chi connectivity index (χ0n) is 11.0. The van der Waals surface area contributed by atoms with Gasteiger partial charge in [0, 0.05) is 24.1 Å². The molecule has 1 atom stereocenters. The van der Waals surface area contributed by atoms with Crippen molar-refractivity contribution in [2.75, 3.05) is 6.54 Å². The molecule has 2 aliphatic rings. The average molecular weight is 249 g/mol. The lowest BCUT2D eigenvalue weighted by atomic mass is 9.67. The highest BCUT2D eigenvalue weighted by Crippen LogP contribution is 2.51. The summed E-state index contributed by atoms with van der Waals surface area (Å²) in [6.07, 6.45) is 3.18. The number of nitrogens with one attached hydrogen (secondary N) is 1. The van der Waals surface area contributed by atoms with Crippen LogP contribution in [0.4, 0.5) is 4.39 Å². The summed E-state index contributed by atoms with van der Waals surface area (Å²) in [5.74, 6) is 1.25. The fourth-order valence-corrected chi connectivity index (χ4v) is 3.53. The van der Waals surface area contributed by atoms with Crippen molar-refractivity contribution in [3.63, 3.8) is 0 Å². The third-order valence-corrected chi connectivity index (χ3v) is 4.15. The summed E-state index contributed by atoms with van der Waals surface area (Å²) in [6, 6.07) is 5.21. The lowest BCUT2D eigenvalue weighted by Gasteiger charge is -2.51. The maximum atomic E-state index is 13.4. The Morgan fingerprint density at radius 2 is 2.17 bits per heavy atom. The molecule has 1 unspecified atom stereocenters. The largest absolute Gasteiger partial charge is 0.487 e. The Morgan fingerprint density at radius 1 is 1.39 bits per heavy atom. The van der Waals surface area contributed by atoms with Crippen LogP contribution < -0.4 is 10.1 Å². The minimum absolute atomic E-state index is 0.0486. The van der Waals surface area contributed by atoms with Gasteiger partial charge in [0.2, 0.25) is 0 Å². The highest BCUT2D eigenvalue weighted by atomic mass is 19.1. The molecule has 1 spiro atoms. The molecular formula is C15H20FNO. The summed E-state index contributed by atoms with van der Waals surface area (Å²) in [5, 5.41) is 3.50. The fourth-order valence-electron chi connectivity index (χ4n) is 3.53. The molecule has 1 fully saturated rings. The minimum Gasteiger partial charge on any atom is -0.487 e. The van der Waals surface area contributed by atoms with Crippen LogP contribution in [0.25, 0.3) is 0 Å². The van der Waals surface area contributed by atoms with E-state index >= 15 is 0 Å². The number of ether oxygens (including phenoxy) is 1. The Balaban J connectivity index is 1.93. The van der Waals surface area contributed by atoms with E-state index in [1.807, 2.05) is 6.07 Å². The van der Waals surface area contributed by atoms with E-state index in [1.54, 1.807) is 0 Å². The molecule has 98 valence electrons. The molecule has 1 aliphatic carbocycles. The second-order valence-electron chi connectivity index (χ2n) is 5.80. The van der Waals surface area contributed by atoms with Gasteiger partial charge in [-0.25, -0.2) is 4.39 Å². The van der Waals surface area contributed by atoms with Crippen molar-refractivity contribution in [2.45, 2.75) is 44.8 Å². The zero-order chi connectivity index (χ0) is 12.8. The molecule has 18 heavy (non-hydrogen) atoms. The first-order chi connectivity index (χ1) is 8.62. The van der Waals surface area contributed by atoms with Crippen LogP contribution in [0.5, 0.6) is 5.75 Å². The maximum absolute atomic E-state index is 13.4. The van der Waals surface area contributed by atoms with Gasteiger partial charge in [-0.05, 0) is 31.4 Å². The van der Waals surface area contributed by atoms with Gasteiger partial charge in [-0.3, -0.25) is 0 Å². The van der Waals surface area contributed by atoms with Crippen molar-refractivity contribution >= 4 is 0 Å². The van der Waals surface area contributed by atoms with Gasteiger partial charge in [-0.1, -0.05) is 19.9 Å². The van der Waals surface area contributed by atoms with E-state index in [1.165, 1.54) is 12.1 Å². The van der Waals surface area contributed by atoms with Gasteiger partial charge in [0.1, 0.15) is 17.2 Å². The van der Waals surface area contributed by atoms with E-state index < -0.39 is 0 Å². The number of hydrogen-bond donors (Lipinski definition) is 1. The van der Waals surface area contributed by atoms with E-state index in [0.29, 0.717) is 6.04 Å². The molecule has 0 radical (unpaired) electrons. The van der Waals surface area contributed by atoms with Crippen molar-refractivity contribution in [1.82, 2.24) is 5.32 Å². The molecule has 3 heteroatoms. The SMILES string of the molecule is CCNC1CC2(CC(C)C2)Oc2cc(F)ccc21. The van der Waals surface area contributed by atoms with Crippen molar-refractivity contribution in [2.24, 2.45) is 5.92 Å². The van der Waals surface area contributed by atoms with E-state index in [-0.39, 0.29) is 11.4 Å². The van der Waals surface area contributed by atoms with Crippen molar-refractivity contribution in [1.29, 1.82) is 0 Å². The molecule has 1 aromatic rings. The predicted octanol–water partition coefficient (Wildman–Crippen LogP) is 3.43. The van der Waals surface area contributed by atoms with Crippen LogP contribution in [-0.2, 0) is 0 Å². The van der Waals surface area contributed by atoms with E-state index in [9.17, 15) is 4.39 Å². The normalized spacial score (nSPS) is 33.7. The van der Waals surface area contributed by atoms with Crippen LogP contribution in [0.15, 0.2) is 18.2 Å². The van der Waals surface area contributed by atoms with E-state index in [0.717, 1.165) is 43.0 Å². The Bertz CT molecular complexity index is 454. The molecule has 1 aromatic carbocycles. The summed E-state index contributed by atoms with van der Waals surface area (Å²) < 4.78 is 19.5. The van der Waals surface area contributed by atoms with Gasteiger partial charge in [-0.15, -0.1) is 0 Å². The highest BCUT2D eigenvalue weighted by Gasteiger charge is 2.48. The smallest absolute Gasteiger partial charge is 0.127 e. The van der Waals surface area contributed by atoms with Crippen LogP contribution in [0, 0.1) is 11.7 Å². The van der Waals surface area contributed by atoms with Crippen molar-refractivity contribution in [3.8, 4) is 5.75 Å². The van der Waals surface area contributed by atoms with Gasteiger partial charge in [0.15, 0.2) is 0 Å². The van der Waals surface area contributed by atoms with Gasteiger partial charge < -0.3 is 10.1 Å². The quantitative estimate of drug-likeness (QED) is 0.867. The van der Waals surface area contributed by atoms with Crippen molar-refractivity contribution in [3.05, 3.63) is 29.6 Å². The second kappa shape index (κ2) is 4.23. The number of halogens is 1. The number of rotatable bonds is 2. The summed E-state index contributed by atoms with van der Waals surface area (Å²) in [5.41, 5.74) is 1.05. The first-order valence-corrected chi connectivity index (χ1v) is 6.84. The first kappa shape index (κ1) is 12.0. The molecule has 1 aliphatic heterocycles. The topological polar surface area (TPSA) is 21.3 Å². The lowest BCUT2D eigenvalue weighted by Crippen LogP contribution is -2.52.